The molecule has 0 saturated carbocycles. The van der Waals surface area contributed by atoms with Crippen LogP contribution in [0.2, 0.25) is 0 Å². The third-order valence-electron chi connectivity index (χ3n) is 4.15. The number of hydrogen-bond acceptors (Lipinski definition) is 9. The van der Waals surface area contributed by atoms with E-state index in [0.29, 0.717) is 0 Å². The molecular formula is C13H24O9. The second kappa shape index (κ2) is 7.04. The van der Waals surface area contributed by atoms with Gasteiger partial charge in [-0.25, -0.2) is 0 Å². The fraction of sp³-hybridized carbons (Fsp3) is 1.00. The number of aliphatic hydroxyl groups excluding tert-OH is 5. The van der Waals surface area contributed by atoms with E-state index >= 15 is 0 Å². The molecule has 130 valence electrons. The van der Waals surface area contributed by atoms with Gasteiger partial charge in [-0.2, -0.15) is 0 Å². The lowest BCUT2D eigenvalue weighted by Gasteiger charge is -2.45. The smallest absolute Gasteiger partial charge is 0.187 e. The molecule has 9 nitrogen and oxygen atoms in total. The van der Waals surface area contributed by atoms with Gasteiger partial charge in [-0.15, -0.1) is 0 Å². The largest absolute Gasteiger partial charge is 0.388 e. The maximum Gasteiger partial charge on any atom is 0.187 e. The van der Waals surface area contributed by atoms with Gasteiger partial charge in [0.05, 0.1) is 12.2 Å². The van der Waals surface area contributed by atoms with Crippen molar-refractivity contribution in [2.45, 2.75) is 75.3 Å². The van der Waals surface area contributed by atoms with Crippen LogP contribution in [0.5, 0.6) is 0 Å². The molecule has 0 unspecified atom stereocenters. The minimum Gasteiger partial charge on any atom is -0.388 e. The van der Waals surface area contributed by atoms with Crippen LogP contribution in [0, 0.1) is 0 Å². The highest BCUT2D eigenvalue weighted by Crippen LogP contribution is 2.28. The summed E-state index contributed by atoms with van der Waals surface area (Å²) < 4.78 is 20.8. The molecule has 0 aromatic heterocycles. The molecule has 2 fully saturated rings. The average Bonchev–Trinajstić information content (AvgIpc) is 2.47. The first-order chi connectivity index (χ1) is 10.3. The van der Waals surface area contributed by atoms with Gasteiger partial charge in [-0.1, -0.05) is 0 Å². The Kier molecular flexibility index (Phi) is 5.75. The highest BCUT2D eigenvalue weighted by atomic mass is 16.7. The molecule has 22 heavy (non-hydrogen) atoms. The van der Waals surface area contributed by atoms with Crippen molar-refractivity contribution in [2.75, 3.05) is 7.11 Å². The summed E-state index contributed by atoms with van der Waals surface area (Å²) in [4.78, 5) is 0. The highest BCUT2D eigenvalue weighted by molar-refractivity contribution is 4.92. The topological polar surface area (TPSA) is 138 Å². The van der Waals surface area contributed by atoms with E-state index in [-0.39, 0.29) is 0 Å². The summed E-state index contributed by atoms with van der Waals surface area (Å²) in [5, 5.41) is 49.7. The zero-order valence-electron chi connectivity index (χ0n) is 12.6. The lowest BCUT2D eigenvalue weighted by atomic mass is 9.98. The van der Waals surface area contributed by atoms with Gasteiger partial charge in [0, 0.05) is 7.11 Å². The zero-order valence-corrected chi connectivity index (χ0v) is 12.6. The van der Waals surface area contributed by atoms with Crippen LogP contribution in [0.3, 0.4) is 0 Å². The minimum atomic E-state index is -1.49. The van der Waals surface area contributed by atoms with E-state index in [1.165, 1.54) is 14.0 Å². The Labute approximate surface area is 128 Å². The van der Waals surface area contributed by atoms with Crippen LogP contribution in [0.25, 0.3) is 0 Å². The zero-order chi connectivity index (χ0) is 16.6. The highest BCUT2D eigenvalue weighted by Gasteiger charge is 2.49. The monoisotopic (exact) mass is 324 g/mol. The normalized spacial score (nSPS) is 53.5. The van der Waals surface area contributed by atoms with Crippen molar-refractivity contribution in [3.05, 3.63) is 0 Å². The van der Waals surface area contributed by atoms with Gasteiger partial charge in [-0.05, 0) is 13.8 Å². The molecule has 2 saturated heterocycles. The Morgan fingerprint density at radius 1 is 0.727 bits per heavy atom. The van der Waals surface area contributed by atoms with E-state index in [2.05, 4.69) is 0 Å². The Morgan fingerprint density at radius 2 is 1.32 bits per heavy atom. The predicted octanol–water partition coefficient (Wildman–Crippen LogP) is -2.69. The Morgan fingerprint density at radius 3 is 1.91 bits per heavy atom. The molecule has 2 aliphatic heterocycles. The molecular weight excluding hydrogens is 300 g/mol. The standard InChI is InChI=1S/C13H24O9/c1-4-6(14)8(16)11(12(18)20-4)22-13-9(17)10(19-3)7(15)5(2)21-13/h4-18H,1-3H3/t4-,5-,6+,7+,8+,9-,10+,11-,12-,13-/m1/s1. The Hall–Kier alpha value is -0.360. The summed E-state index contributed by atoms with van der Waals surface area (Å²) in [6.45, 7) is 3.07. The van der Waals surface area contributed by atoms with Gasteiger partial charge in [-0.3, -0.25) is 0 Å². The van der Waals surface area contributed by atoms with Crippen molar-refractivity contribution >= 4 is 0 Å². The van der Waals surface area contributed by atoms with Crippen molar-refractivity contribution in [2.24, 2.45) is 0 Å². The first-order valence-corrected chi connectivity index (χ1v) is 7.17. The van der Waals surface area contributed by atoms with E-state index in [1.54, 1.807) is 6.92 Å². The van der Waals surface area contributed by atoms with Crippen molar-refractivity contribution in [3.8, 4) is 0 Å². The summed E-state index contributed by atoms with van der Waals surface area (Å²) in [7, 11) is 1.32. The SMILES string of the molecule is CO[C@H]1[C@@H](O)[C@@H](C)O[C@H](O[C@@H]2[C@@H](O)[C@@H](O)[C@@H](C)O[C@H]2O)[C@@H]1O. The van der Waals surface area contributed by atoms with E-state index in [0.717, 1.165) is 0 Å². The van der Waals surface area contributed by atoms with Crippen LogP contribution < -0.4 is 0 Å². The molecule has 0 aromatic carbocycles. The fourth-order valence-electron chi connectivity index (χ4n) is 2.71. The van der Waals surface area contributed by atoms with E-state index in [9.17, 15) is 25.5 Å². The summed E-state index contributed by atoms with van der Waals surface area (Å²) in [6, 6.07) is 0. The first-order valence-electron chi connectivity index (χ1n) is 7.17. The number of methoxy groups -OCH3 is 1. The van der Waals surface area contributed by atoms with Crippen molar-refractivity contribution < 1.29 is 44.5 Å². The third-order valence-corrected chi connectivity index (χ3v) is 4.15. The van der Waals surface area contributed by atoms with Crippen LogP contribution in [0.4, 0.5) is 0 Å². The second-order valence-corrected chi connectivity index (χ2v) is 5.70. The molecule has 0 aliphatic carbocycles. The molecule has 0 amide bonds. The van der Waals surface area contributed by atoms with Gasteiger partial charge in [0.25, 0.3) is 0 Å². The number of aliphatic hydroxyl groups is 5. The van der Waals surface area contributed by atoms with Gasteiger partial charge in [0.2, 0.25) is 0 Å². The maximum absolute atomic E-state index is 10.1. The summed E-state index contributed by atoms with van der Waals surface area (Å²) in [5.74, 6) is 0. The molecule has 2 heterocycles. The van der Waals surface area contributed by atoms with E-state index < -0.39 is 61.4 Å². The van der Waals surface area contributed by atoms with E-state index in [1.807, 2.05) is 0 Å². The quantitative estimate of drug-likeness (QED) is 0.376. The molecule has 10 atom stereocenters. The van der Waals surface area contributed by atoms with Crippen LogP contribution in [-0.2, 0) is 18.9 Å². The van der Waals surface area contributed by atoms with E-state index in [4.69, 9.17) is 18.9 Å². The molecule has 0 spiro atoms. The second-order valence-electron chi connectivity index (χ2n) is 5.70. The average molecular weight is 324 g/mol. The number of hydrogen-bond donors (Lipinski definition) is 5. The Bertz CT molecular complexity index is 367. The molecule has 0 bridgehead atoms. The molecule has 9 heteroatoms. The maximum atomic E-state index is 10.1. The van der Waals surface area contributed by atoms with Crippen LogP contribution in [0.15, 0.2) is 0 Å². The fourth-order valence-corrected chi connectivity index (χ4v) is 2.71. The van der Waals surface area contributed by atoms with Gasteiger partial charge in [0.1, 0.15) is 36.6 Å². The molecule has 0 aromatic rings. The first kappa shape index (κ1) is 18.0. The third kappa shape index (κ3) is 3.28. The van der Waals surface area contributed by atoms with Gasteiger partial charge < -0.3 is 44.5 Å². The van der Waals surface area contributed by atoms with Crippen molar-refractivity contribution in [1.82, 2.24) is 0 Å². The minimum absolute atomic E-state index is 0.694. The lowest BCUT2D eigenvalue weighted by molar-refractivity contribution is -0.357. The lowest BCUT2D eigenvalue weighted by Crippen LogP contribution is -2.63. The molecule has 2 aliphatic rings. The number of ether oxygens (including phenoxy) is 4. The number of rotatable bonds is 3. The predicted molar refractivity (Wildman–Crippen MR) is 70.6 cm³/mol. The van der Waals surface area contributed by atoms with Crippen LogP contribution in [0.1, 0.15) is 13.8 Å². The van der Waals surface area contributed by atoms with Gasteiger partial charge >= 0.3 is 0 Å². The molecule has 0 radical (unpaired) electrons. The van der Waals surface area contributed by atoms with Crippen molar-refractivity contribution in [1.29, 1.82) is 0 Å². The van der Waals surface area contributed by atoms with Gasteiger partial charge in [0.15, 0.2) is 12.6 Å². The Balaban J connectivity index is 2.08. The summed E-state index contributed by atoms with van der Waals surface area (Å²) in [5.41, 5.74) is 0. The molecule has 5 N–H and O–H groups in total. The molecule has 2 rings (SSSR count). The van der Waals surface area contributed by atoms with Crippen LogP contribution in [-0.4, -0.2) is 94.1 Å². The van der Waals surface area contributed by atoms with Crippen molar-refractivity contribution in [3.63, 3.8) is 0 Å². The van der Waals surface area contributed by atoms with Crippen LogP contribution >= 0.6 is 0 Å². The summed E-state index contributed by atoms with van der Waals surface area (Å²) >= 11 is 0. The summed E-state index contributed by atoms with van der Waals surface area (Å²) in [6.07, 6.45) is -11.5.